The van der Waals surface area contributed by atoms with Gasteiger partial charge in [0.25, 0.3) is 0 Å². The van der Waals surface area contributed by atoms with Crippen molar-refractivity contribution in [3.05, 3.63) is 48.2 Å². The number of aromatic amines is 2. The van der Waals surface area contributed by atoms with E-state index in [1.807, 2.05) is 24.3 Å². The molecule has 2 aromatic heterocycles. The van der Waals surface area contributed by atoms with Crippen LogP contribution < -0.4 is 0 Å². The summed E-state index contributed by atoms with van der Waals surface area (Å²) in [6, 6.07) is 11.7. The van der Waals surface area contributed by atoms with Crippen molar-refractivity contribution in [1.82, 2.24) is 20.2 Å². The number of aromatic hydroxyl groups is 2. The minimum absolute atomic E-state index is 0.0665. The Balaban J connectivity index is 1.90. The molecular formula is C19H16N4O4. The number of imidazole rings is 1. The molecule has 0 radical (unpaired) electrons. The lowest BCUT2D eigenvalue weighted by atomic mass is 10.0. The number of fused-ring (bicyclic) bond motifs is 1. The van der Waals surface area contributed by atoms with Crippen molar-refractivity contribution >= 4 is 17.0 Å². The van der Waals surface area contributed by atoms with E-state index in [0.29, 0.717) is 28.3 Å². The lowest BCUT2D eigenvalue weighted by molar-refractivity contribution is -0.136. The smallest absolute Gasteiger partial charge is 0.303 e. The second-order valence-corrected chi connectivity index (χ2v) is 6.12. The zero-order valence-electron chi connectivity index (χ0n) is 14.1. The molecule has 0 spiro atoms. The SMILES string of the molecule is O=C(O)CCc1[nH]nc(-c2ccc(O)cc2O)c1-c1nc2ccccc2[nH]1. The van der Waals surface area contributed by atoms with Crippen LogP contribution in [-0.2, 0) is 11.2 Å². The highest BCUT2D eigenvalue weighted by molar-refractivity contribution is 5.87. The molecule has 0 bridgehead atoms. The summed E-state index contributed by atoms with van der Waals surface area (Å²) in [5.74, 6) is -0.603. The molecule has 2 heterocycles. The summed E-state index contributed by atoms with van der Waals surface area (Å²) >= 11 is 0. The van der Waals surface area contributed by atoms with E-state index in [-0.39, 0.29) is 24.3 Å². The zero-order chi connectivity index (χ0) is 19.0. The number of carboxylic acid groups (broad SMARTS) is 1. The van der Waals surface area contributed by atoms with Crippen molar-refractivity contribution in [2.45, 2.75) is 12.8 Å². The molecule has 0 fully saturated rings. The van der Waals surface area contributed by atoms with Crippen LogP contribution in [0.1, 0.15) is 12.1 Å². The molecule has 8 heteroatoms. The van der Waals surface area contributed by atoms with Crippen LogP contribution in [0.2, 0.25) is 0 Å². The lowest BCUT2D eigenvalue weighted by Crippen LogP contribution is -1.99. The van der Waals surface area contributed by atoms with Gasteiger partial charge in [-0.15, -0.1) is 0 Å². The molecule has 136 valence electrons. The normalized spacial score (nSPS) is 11.1. The van der Waals surface area contributed by atoms with Crippen molar-refractivity contribution in [3.8, 4) is 34.1 Å². The van der Waals surface area contributed by atoms with E-state index < -0.39 is 5.97 Å². The van der Waals surface area contributed by atoms with Crippen LogP contribution in [0.5, 0.6) is 11.5 Å². The maximum absolute atomic E-state index is 11.0. The van der Waals surface area contributed by atoms with Gasteiger partial charge in [0.2, 0.25) is 0 Å². The average molecular weight is 364 g/mol. The number of H-pyrrole nitrogens is 2. The van der Waals surface area contributed by atoms with Crippen molar-refractivity contribution in [2.24, 2.45) is 0 Å². The Kier molecular flexibility index (Phi) is 4.00. The summed E-state index contributed by atoms with van der Waals surface area (Å²) in [6.45, 7) is 0. The number of hydrogen-bond acceptors (Lipinski definition) is 5. The second-order valence-electron chi connectivity index (χ2n) is 6.12. The molecule has 4 rings (SSSR count). The molecule has 8 nitrogen and oxygen atoms in total. The van der Waals surface area contributed by atoms with Crippen molar-refractivity contribution < 1.29 is 20.1 Å². The number of aromatic nitrogens is 4. The number of aryl methyl sites for hydroxylation is 1. The topological polar surface area (TPSA) is 135 Å². The Bertz CT molecular complexity index is 1110. The first-order valence-electron chi connectivity index (χ1n) is 8.29. The molecule has 0 unspecified atom stereocenters. The number of nitrogens with zero attached hydrogens (tertiary/aromatic N) is 2. The Morgan fingerprint density at radius 2 is 1.93 bits per heavy atom. The Morgan fingerprint density at radius 3 is 2.67 bits per heavy atom. The first-order valence-corrected chi connectivity index (χ1v) is 8.29. The summed E-state index contributed by atoms with van der Waals surface area (Å²) in [4.78, 5) is 18.8. The van der Waals surface area contributed by atoms with Crippen molar-refractivity contribution in [1.29, 1.82) is 0 Å². The van der Waals surface area contributed by atoms with E-state index in [0.717, 1.165) is 11.0 Å². The fourth-order valence-electron chi connectivity index (χ4n) is 3.03. The highest BCUT2D eigenvalue weighted by atomic mass is 16.4. The quantitative estimate of drug-likeness (QED) is 0.369. The molecule has 4 aromatic rings. The zero-order valence-corrected chi connectivity index (χ0v) is 14.1. The van der Waals surface area contributed by atoms with E-state index in [9.17, 15) is 15.0 Å². The maximum atomic E-state index is 11.0. The molecule has 0 saturated carbocycles. The number of carbonyl (C=O) groups is 1. The average Bonchev–Trinajstić information content (AvgIpc) is 3.23. The molecule has 0 aliphatic carbocycles. The molecule has 0 atom stereocenters. The van der Waals surface area contributed by atoms with Crippen LogP contribution >= 0.6 is 0 Å². The Hall–Kier alpha value is -3.81. The van der Waals surface area contributed by atoms with Crippen LogP contribution in [0.4, 0.5) is 0 Å². The maximum Gasteiger partial charge on any atom is 0.303 e. The fourth-order valence-corrected chi connectivity index (χ4v) is 3.03. The van der Waals surface area contributed by atoms with Gasteiger partial charge >= 0.3 is 5.97 Å². The predicted molar refractivity (Wildman–Crippen MR) is 98.4 cm³/mol. The van der Waals surface area contributed by atoms with E-state index >= 15 is 0 Å². The minimum Gasteiger partial charge on any atom is -0.508 e. The first kappa shape index (κ1) is 16.6. The van der Waals surface area contributed by atoms with Crippen LogP contribution in [0.25, 0.3) is 33.7 Å². The molecule has 2 aromatic carbocycles. The van der Waals surface area contributed by atoms with Gasteiger partial charge in [0, 0.05) is 23.7 Å². The molecule has 0 saturated heterocycles. The van der Waals surface area contributed by atoms with Crippen molar-refractivity contribution in [2.75, 3.05) is 0 Å². The number of benzene rings is 2. The van der Waals surface area contributed by atoms with Crippen molar-refractivity contribution in [3.63, 3.8) is 0 Å². The number of nitrogens with one attached hydrogen (secondary N) is 2. The molecule has 0 aliphatic rings. The third kappa shape index (κ3) is 3.08. The number of carboxylic acids is 1. The molecule has 0 amide bonds. The van der Waals surface area contributed by atoms with Gasteiger partial charge in [-0.25, -0.2) is 4.98 Å². The van der Waals surface area contributed by atoms with Crippen LogP contribution in [0, 0.1) is 0 Å². The highest BCUT2D eigenvalue weighted by Gasteiger charge is 2.22. The van der Waals surface area contributed by atoms with E-state index in [2.05, 4.69) is 20.2 Å². The van der Waals surface area contributed by atoms with Crippen LogP contribution in [0.3, 0.4) is 0 Å². The van der Waals surface area contributed by atoms with E-state index in [4.69, 9.17) is 5.11 Å². The third-order valence-electron chi connectivity index (χ3n) is 4.29. The molecule has 5 N–H and O–H groups in total. The summed E-state index contributed by atoms with van der Waals surface area (Å²) in [6.07, 6.45) is 0.157. The predicted octanol–water partition coefficient (Wildman–Crippen LogP) is 3.05. The van der Waals surface area contributed by atoms with Gasteiger partial charge < -0.3 is 20.3 Å². The number of rotatable bonds is 5. The largest absolute Gasteiger partial charge is 0.508 e. The van der Waals surface area contributed by atoms with Gasteiger partial charge in [-0.1, -0.05) is 12.1 Å². The summed E-state index contributed by atoms with van der Waals surface area (Å²) in [5, 5.41) is 36.0. The fraction of sp³-hybridized carbons (Fsp3) is 0.105. The Morgan fingerprint density at radius 1 is 1.11 bits per heavy atom. The monoisotopic (exact) mass is 364 g/mol. The van der Waals surface area contributed by atoms with Crippen LogP contribution in [0.15, 0.2) is 42.5 Å². The highest BCUT2D eigenvalue weighted by Crippen LogP contribution is 2.38. The summed E-state index contributed by atoms with van der Waals surface area (Å²) in [7, 11) is 0. The van der Waals surface area contributed by atoms with Crippen LogP contribution in [-0.4, -0.2) is 41.5 Å². The first-order chi connectivity index (χ1) is 13.0. The molecule has 27 heavy (non-hydrogen) atoms. The van der Waals surface area contributed by atoms with Gasteiger partial charge in [-0.2, -0.15) is 5.10 Å². The number of phenolic OH excluding ortho intramolecular Hbond substituents is 2. The second kappa shape index (κ2) is 6.49. The molecule has 0 aliphatic heterocycles. The van der Waals surface area contributed by atoms with Gasteiger partial charge in [0.15, 0.2) is 0 Å². The lowest BCUT2D eigenvalue weighted by Gasteiger charge is -2.06. The van der Waals surface area contributed by atoms with Gasteiger partial charge in [-0.05, 0) is 24.3 Å². The Labute approximate surface area is 153 Å². The van der Waals surface area contributed by atoms with E-state index in [1.54, 1.807) is 6.07 Å². The van der Waals surface area contributed by atoms with Gasteiger partial charge in [0.05, 0.1) is 23.0 Å². The summed E-state index contributed by atoms with van der Waals surface area (Å²) in [5.41, 5.74) is 3.61. The number of aliphatic carboxylic acids is 1. The standard InChI is InChI=1S/C19H16N4O4/c24-10-5-6-11(15(25)9-10)18-17(14(22-23-18)7-8-16(26)27)19-20-12-3-1-2-4-13(12)21-19/h1-6,9,24-25H,7-8H2,(H,20,21)(H,22,23)(H,26,27). The summed E-state index contributed by atoms with van der Waals surface area (Å²) < 4.78 is 0. The third-order valence-corrected chi connectivity index (χ3v) is 4.29. The van der Waals surface area contributed by atoms with E-state index in [1.165, 1.54) is 12.1 Å². The number of hydrogen-bond donors (Lipinski definition) is 5. The minimum atomic E-state index is -0.922. The van der Waals surface area contributed by atoms with Gasteiger partial charge in [0.1, 0.15) is 23.0 Å². The number of phenols is 2. The van der Waals surface area contributed by atoms with Gasteiger partial charge in [-0.3, -0.25) is 9.89 Å². The number of para-hydroxylation sites is 2. The molecular weight excluding hydrogens is 348 g/mol.